The summed E-state index contributed by atoms with van der Waals surface area (Å²) in [6.07, 6.45) is 0.916. The number of halogens is 1. The largest absolute Gasteiger partial charge is 1.00 e. The Hall–Kier alpha value is -0.270. The molecule has 1 heterocycles. The number of nitrogens with one attached hydrogen (secondary N) is 1. The van der Waals surface area contributed by atoms with E-state index >= 15 is 0 Å². The monoisotopic (exact) mass is 310 g/mol. The highest BCUT2D eigenvalue weighted by atomic mass is 79.9. The standard InChI is InChI=1S/C9H17N3O2S.BrH/c1-2-15-9-10-6-12(7-11-9)5-3-4-8(13)14;/h2-7H2,1H3,(H,10,11)(H,13,14);1H/p-1. The number of rotatable bonds is 5. The van der Waals surface area contributed by atoms with Crippen molar-refractivity contribution < 1.29 is 26.9 Å². The molecule has 0 fully saturated rings. The van der Waals surface area contributed by atoms with E-state index < -0.39 is 5.97 Å². The second-order valence-electron chi connectivity index (χ2n) is 3.26. The van der Waals surface area contributed by atoms with Crippen molar-refractivity contribution in [3.8, 4) is 0 Å². The fraction of sp³-hybridized carbons (Fsp3) is 0.778. The van der Waals surface area contributed by atoms with E-state index in [1.54, 1.807) is 11.8 Å². The lowest BCUT2D eigenvalue weighted by Crippen LogP contribution is -3.00. The Labute approximate surface area is 110 Å². The molecule has 0 atom stereocenters. The first kappa shape index (κ1) is 15.7. The second kappa shape index (κ2) is 8.83. The molecule has 7 heteroatoms. The Kier molecular flexibility index (Phi) is 8.68. The summed E-state index contributed by atoms with van der Waals surface area (Å²) in [6.45, 7) is 4.32. The van der Waals surface area contributed by atoms with Crippen LogP contribution < -0.4 is 22.3 Å². The van der Waals surface area contributed by atoms with Crippen molar-refractivity contribution in [3.63, 3.8) is 0 Å². The zero-order valence-corrected chi connectivity index (χ0v) is 11.7. The molecule has 0 aromatic heterocycles. The van der Waals surface area contributed by atoms with Gasteiger partial charge in [-0.3, -0.25) is 9.69 Å². The summed E-state index contributed by atoms with van der Waals surface area (Å²) >= 11 is 1.70. The second-order valence-corrected chi connectivity index (χ2v) is 4.52. The van der Waals surface area contributed by atoms with Gasteiger partial charge in [0.05, 0.1) is 13.3 Å². The van der Waals surface area contributed by atoms with Gasteiger partial charge in [-0.1, -0.05) is 18.7 Å². The van der Waals surface area contributed by atoms with E-state index in [9.17, 15) is 4.79 Å². The average molecular weight is 311 g/mol. The predicted octanol–water partition coefficient (Wildman–Crippen LogP) is -2.22. The zero-order chi connectivity index (χ0) is 11.1. The van der Waals surface area contributed by atoms with Crippen molar-refractivity contribution in [2.24, 2.45) is 4.99 Å². The van der Waals surface area contributed by atoms with Crippen LogP contribution >= 0.6 is 11.8 Å². The lowest BCUT2D eigenvalue weighted by atomic mass is 10.3. The average Bonchev–Trinajstić information content (AvgIpc) is 2.20. The van der Waals surface area contributed by atoms with Crippen LogP contribution in [0.5, 0.6) is 0 Å². The highest BCUT2D eigenvalue weighted by Crippen LogP contribution is 2.06. The van der Waals surface area contributed by atoms with Crippen LogP contribution in [0, 0.1) is 0 Å². The maximum Gasteiger partial charge on any atom is 0.303 e. The van der Waals surface area contributed by atoms with Gasteiger partial charge >= 0.3 is 5.97 Å². The molecule has 0 aromatic carbocycles. The molecule has 2 N–H and O–H groups in total. The fourth-order valence-corrected chi connectivity index (χ4v) is 1.88. The molecule has 0 bridgehead atoms. The summed E-state index contributed by atoms with van der Waals surface area (Å²) in [6, 6.07) is 0. The molecule has 1 aliphatic rings. The number of aliphatic carboxylic acids is 1. The summed E-state index contributed by atoms with van der Waals surface area (Å²) < 4.78 is 0. The number of nitrogens with zero attached hydrogens (tertiary/aromatic N) is 2. The molecule has 0 unspecified atom stereocenters. The topological polar surface area (TPSA) is 64.9 Å². The first-order chi connectivity index (χ1) is 7.22. The zero-order valence-electron chi connectivity index (χ0n) is 9.28. The van der Waals surface area contributed by atoms with E-state index in [1.165, 1.54) is 0 Å². The molecule has 0 radical (unpaired) electrons. The highest BCUT2D eigenvalue weighted by molar-refractivity contribution is 8.13. The molecule has 16 heavy (non-hydrogen) atoms. The van der Waals surface area contributed by atoms with E-state index in [2.05, 4.69) is 22.1 Å². The number of hydrogen-bond donors (Lipinski definition) is 2. The number of carbonyl (C=O) groups is 1. The van der Waals surface area contributed by atoms with Gasteiger partial charge in [0, 0.05) is 13.0 Å². The maximum absolute atomic E-state index is 10.3. The number of carboxylic acids is 1. The molecule has 0 aliphatic carbocycles. The summed E-state index contributed by atoms with van der Waals surface area (Å²) in [5, 5.41) is 12.7. The SMILES string of the molecule is CCSC1=NCN(CCCC(=O)O)CN1.[Br-]. The highest BCUT2D eigenvalue weighted by Gasteiger charge is 2.11. The van der Waals surface area contributed by atoms with Crippen LogP contribution in [0.3, 0.4) is 0 Å². The van der Waals surface area contributed by atoms with E-state index in [0.29, 0.717) is 13.1 Å². The lowest BCUT2D eigenvalue weighted by Gasteiger charge is -2.25. The van der Waals surface area contributed by atoms with Gasteiger partial charge in [0.2, 0.25) is 0 Å². The quantitative estimate of drug-likeness (QED) is 0.602. The van der Waals surface area contributed by atoms with Crippen LogP contribution in [-0.2, 0) is 4.79 Å². The Morgan fingerprint density at radius 2 is 2.44 bits per heavy atom. The molecule has 0 aromatic rings. The molecular formula is C9H17BrN3O2S-. The number of amidine groups is 1. The van der Waals surface area contributed by atoms with Gasteiger partial charge in [0.25, 0.3) is 0 Å². The molecular weight excluding hydrogens is 294 g/mol. The van der Waals surface area contributed by atoms with E-state index in [1.807, 2.05) is 0 Å². The summed E-state index contributed by atoms with van der Waals surface area (Å²) in [4.78, 5) is 16.8. The number of aliphatic imine (C=N–C) groups is 1. The molecule has 0 saturated heterocycles. The van der Waals surface area contributed by atoms with Crippen LogP contribution in [0.2, 0.25) is 0 Å². The maximum atomic E-state index is 10.3. The number of carboxylic acid groups (broad SMARTS) is 1. The Bertz CT molecular complexity index is 251. The van der Waals surface area contributed by atoms with Crippen LogP contribution in [0.1, 0.15) is 19.8 Å². The predicted molar refractivity (Wildman–Crippen MR) is 62.0 cm³/mol. The minimum atomic E-state index is -0.731. The van der Waals surface area contributed by atoms with Gasteiger partial charge in [-0.05, 0) is 12.2 Å². The first-order valence-electron chi connectivity index (χ1n) is 5.07. The summed E-state index contributed by atoms with van der Waals surface area (Å²) in [7, 11) is 0. The fourth-order valence-electron chi connectivity index (χ4n) is 1.29. The van der Waals surface area contributed by atoms with Crippen molar-refractivity contribution in [2.75, 3.05) is 25.6 Å². The van der Waals surface area contributed by atoms with Crippen molar-refractivity contribution in [1.82, 2.24) is 10.2 Å². The van der Waals surface area contributed by atoms with Crippen molar-refractivity contribution in [3.05, 3.63) is 0 Å². The number of hydrogen-bond acceptors (Lipinski definition) is 5. The third-order valence-corrected chi connectivity index (χ3v) is 2.85. The van der Waals surface area contributed by atoms with Crippen LogP contribution in [-0.4, -0.2) is 46.8 Å². The molecule has 5 nitrogen and oxygen atoms in total. The Morgan fingerprint density at radius 3 is 2.94 bits per heavy atom. The molecule has 94 valence electrons. The van der Waals surface area contributed by atoms with E-state index in [0.717, 1.165) is 24.1 Å². The number of thioether (sulfide) groups is 1. The lowest BCUT2D eigenvalue weighted by molar-refractivity contribution is -0.137. The minimum Gasteiger partial charge on any atom is -1.00 e. The first-order valence-corrected chi connectivity index (χ1v) is 6.06. The molecule has 0 amide bonds. The van der Waals surface area contributed by atoms with Crippen LogP contribution in [0.4, 0.5) is 0 Å². The van der Waals surface area contributed by atoms with E-state index in [-0.39, 0.29) is 23.4 Å². The van der Waals surface area contributed by atoms with E-state index in [4.69, 9.17) is 5.11 Å². The normalized spacial score (nSPS) is 15.9. The van der Waals surface area contributed by atoms with Gasteiger partial charge < -0.3 is 27.4 Å². The van der Waals surface area contributed by atoms with Crippen molar-refractivity contribution in [1.29, 1.82) is 0 Å². The molecule has 0 spiro atoms. The van der Waals surface area contributed by atoms with Gasteiger partial charge in [0.15, 0.2) is 5.17 Å². The van der Waals surface area contributed by atoms with Gasteiger partial charge in [-0.2, -0.15) is 0 Å². The van der Waals surface area contributed by atoms with Gasteiger partial charge in [0.1, 0.15) is 0 Å². The van der Waals surface area contributed by atoms with Crippen molar-refractivity contribution >= 4 is 22.9 Å². The van der Waals surface area contributed by atoms with Gasteiger partial charge in [-0.25, -0.2) is 4.99 Å². The minimum absolute atomic E-state index is 0. The third kappa shape index (κ3) is 6.34. The Morgan fingerprint density at radius 1 is 1.69 bits per heavy atom. The molecule has 1 aliphatic heterocycles. The Balaban J connectivity index is 0.00000225. The summed E-state index contributed by atoms with van der Waals surface area (Å²) in [5.74, 6) is 0.288. The summed E-state index contributed by atoms with van der Waals surface area (Å²) in [5.41, 5.74) is 0. The van der Waals surface area contributed by atoms with Crippen molar-refractivity contribution in [2.45, 2.75) is 19.8 Å². The third-order valence-electron chi connectivity index (χ3n) is 2.01. The smallest absolute Gasteiger partial charge is 0.303 e. The molecule has 0 saturated carbocycles. The van der Waals surface area contributed by atoms with Gasteiger partial charge in [-0.15, -0.1) is 0 Å². The molecule has 1 rings (SSSR count). The van der Waals surface area contributed by atoms with Crippen LogP contribution in [0.15, 0.2) is 4.99 Å². The van der Waals surface area contributed by atoms with Crippen LogP contribution in [0.25, 0.3) is 0 Å².